The molecule has 3 aromatic heterocycles. The molecular formula is C20H23N3O4S3. The molecule has 0 aromatic carbocycles. The van der Waals surface area contributed by atoms with E-state index < -0.39 is 9.84 Å². The fourth-order valence-corrected chi connectivity index (χ4v) is 7.53. The van der Waals surface area contributed by atoms with Crippen molar-refractivity contribution < 1.29 is 17.6 Å². The minimum absolute atomic E-state index is 0.00378. The lowest BCUT2D eigenvalue weighted by atomic mass is 10.2. The average Bonchev–Trinajstić information content (AvgIpc) is 3.38. The van der Waals surface area contributed by atoms with Crippen LogP contribution in [0.5, 0.6) is 0 Å². The molecule has 1 aliphatic heterocycles. The maximum Gasteiger partial charge on any atom is 0.233 e. The van der Waals surface area contributed by atoms with Crippen molar-refractivity contribution in [2.24, 2.45) is 0 Å². The van der Waals surface area contributed by atoms with Crippen LogP contribution in [0.4, 0.5) is 0 Å². The molecule has 0 aliphatic carbocycles. The van der Waals surface area contributed by atoms with Gasteiger partial charge in [-0.1, -0.05) is 11.8 Å². The Morgan fingerprint density at radius 2 is 2.13 bits per heavy atom. The molecule has 10 heteroatoms. The summed E-state index contributed by atoms with van der Waals surface area (Å²) in [6, 6.07) is 3.23. The SMILES string of the molecule is Cc1nc(SCC(=O)N(Cc2ccco2)[C@@H]2CCS(=O)(=O)C2)c2c(C)c(C)sc2n1. The van der Waals surface area contributed by atoms with E-state index >= 15 is 0 Å². The van der Waals surface area contributed by atoms with Crippen LogP contribution in [-0.2, 0) is 21.2 Å². The maximum absolute atomic E-state index is 13.2. The van der Waals surface area contributed by atoms with Gasteiger partial charge in [0.05, 0.1) is 30.1 Å². The Kier molecular flexibility index (Phi) is 5.91. The molecule has 4 rings (SSSR count). The fraction of sp³-hybridized carbons (Fsp3) is 0.450. The molecule has 1 saturated heterocycles. The van der Waals surface area contributed by atoms with Gasteiger partial charge in [0, 0.05) is 16.3 Å². The first-order valence-corrected chi connectivity index (χ1v) is 13.3. The van der Waals surface area contributed by atoms with Crippen LogP contribution in [0.3, 0.4) is 0 Å². The highest BCUT2D eigenvalue weighted by Gasteiger charge is 2.35. The molecule has 7 nitrogen and oxygen atoms in total. The normalized spacial score (nSPS) is 18.2. The van der Waals surface area contributed by atoms with Crippen LogP contribution in [0.15, 0.2) is 27.8 Å². The summed E-state index contributed by atoms with van der Waals surface area (Å²) in [6.45, 7) is 6.22. The highest BCUT2D eigenvalue weighted by Crippen LogP contribution is 2.35. The Hall–Kier alpha value is -1.91. The number of furan rings is 1. The number of carbonyl (C=O) groups excluding carboxylic acids is 1. The van der Waals surface area contributed by atoms with E-state index in [2.05, 4.69) is 16.9 Å². The number of rotatable bonds is 6. The van der Waals surface area contributed by atoms with E-state index in [1.54, 1.807) is 34.6 Å². The number of sulfone groups is 1. The van der Waals surface area contributed by atoms with Crippen molar-refractivity contribution in [2.45, 2.75) is 44.8 Å². The number of hydrogen-bond acceptors (Lipinski definition) is 8. The summed E-state index contributed by atoms with van der Waals surface area (Å²) in [5, 5.41) is 1.80. The molecule has 0 bridgehead atoms. The van der Waals surface area contributed by atoms with Crippen molar-refractivity contribution in [3.63, 3.8) is 0 Å². The lowest BCUT2D eigenvalue weighted by Gasteiger charge is -2.27. The number of hydrogen-bond donors (Lipinski definition) is 0. The molecule has 30 heavy (non-hydrogen) atoms. The molecule has 0 radical (unpaired) electrons. The highest BCUT2D eigenvalue weighted by molar-refractivity contribution is 8.00. The summed E-state index contributed by atoms with van der Waals surface area (Å²) in [5.74, 6) is 1.50. The Morgan fingerprint density at radius 1 is 1.33 bits per heavy atom. The van der Waals surface area contributed by atoms with Gasteiger partial charge in [0.1, 0.15) is 21.4 Å². The average molecular weight is 466 g/mol. The number of fused-ring (bicyclic) bond motifs is 1. The topological polar surface area (TPSA) is 93.4 Å². The molecular weight excluding hydrogens is 442 g/mol. The van der Waals surface area contributed by atoms with E-state index in [4.69, 9.17) is 4.42 Å². The van der Waals surface area contributed by atoms with Crippen molar-refractivity contribution >= 4 is 49.1 Å². The molecule has 1 aliphatic rings. The first-order valence-electron chi connectivity index (χ1n) is 9.63. The lowest BCUT2D eigenvalue weighted by molar-refractivity contribution is -0.131. The van der Waals surface area contributed by atoms with Gasteiger partial charge >= 0.3 is 0 Å². The number of carbonyl (C=O) groups is 1. The summed E-state index contributed by atoms with van der Waals surface area (Å²) in [6.07, 6.45) is 2.01. The summed E-state index contributed by atoms with van der Waals surface area (Å²) in [7, 11) is -3.11. The fourth-order valence-electron chi connectivity index (χ4n) is 3.64. The highest BCUT2D eigenvalue weighted by atomic mass is 32.2. The molecule has 0 saturated carbocycles. The van der Waals surface area contributed by atoms with Crippen molar-refractivity contribution in [2.75, 3.05) is 17.3 Å². The van der Waals surface area contributed by atoms with Crippen molar-refractivity contribution in [1.82, 2.24) is 14.9 Å². The quantitative estimate of drug-likeness (QED) is 0.406. The van der Waals surface area contributed by atoms with Gasteiger partial charge in [-0.2, -0.15) is 0 Å². The van der Waals surface area contributed by atoms with Gasteiger partial charge in [-0.25, -0.2) is 18.4 Å². The third-order valence-corrected chi connectivity index (χ3v) is 9.13. The molecule has 1 atom stereocenters. The van der Waals surface area contributed by atoms with Gasteiger partial charge in [0.15, 0.2) is 9.84 Å². The number of aromatic nitrogens is 2. The third-order valence-electron chi connectivity index (χ3n) is 5.32. The molecule has 0 spiro atoms. The van der Waals surface area contributed by atoms with Crippen molar-refractivity contribution in [1.29, 1.82) is 0 Å². The number of amides is 1. The maximum atomic E-state index is 13.2. The largest absolute Gasteiger partial charge is 0.467 e. The van der Waals surface area contributed by atoms with Gasteiger partial charge < -0.3 is 9.32 Å². The van der Waals surface area contributed by atoms with Gasteiger partial charge in [0.2, 0.25) is 5.91 Å². The summed E-state index contributed by atoms with van der Waals surface area (Å²) in [4.78, 5) is 26.1. The van der Waals surface area contributed by atoms with E-state index in [1.807, 2.05) is 13.8 Å². The minimum Gasteiger partial charge on any atom is -0.467 e. The first kappa shape index (κ1) is 21.3. The Labute approximate surface area is 183 Å². The molecule has 0 N–H and O–H groups in total. The Balaban J connectivity index is 1.56. The molecule has 1 amide bonds. The van der Waals surface area contributed by atoms with Crippen LogP contribution in [0.2, 0.25) is 0 Å². The minimum atomic E-state index is -3.11. The van der Waals surface area contributed by atoms with Crippen LogP contribution in [0, 0.1) is 20.8 Å². The predicted molar refractivity (Wildman–Crippen MR) is 119 cm³/mol. The van der Waals surface area contributed by atoms with Crippen LogP contribution < -0.4 is 0 Å². The number of nitrogens with zero attached hydrogens (tertiary/aromatic N) is 3. The zero-order chi connectivity index (χ0) is 21.5. The first-order chi connectivity index (χ1) is 14.2. The van der Waals surface area contributed by atoms with E-state index in [9.17, 15) is 13.2 Å². The third kappa shape index (κ3) is 4.40. The van der Waals surface area contributed by atoms with Crippen molar-refractivity contribution in [3.05, 3.63) is 40.4 Å². The Bertz CT molecular complexity index is 1190. The second-order valence-electron chi connectivity index (χ2n) is 7.49. The predicted octanol–water partition coefficient (Wildman–Crippen LogP) is 3.52. The second-order valence-corrected chi connectivity index (χ2v) is 11.9. The van der Waals surface area contributed by atoms with Crippen LogP contribution in [0.25, 0.3) is 10.2 Å². The van der Waals surface area contributed by atoms with Gasteiger partial charge in [0.25, 0.3) is 0 Å². The molecule has 3 aromatic rings. The van der Waals surface area contributed by atoms with E-state index in [1.165, 1.54) is 16.6 Å². The number of thiophene rings is 1. The van der Waals surface area contributed by atoms with Crippen LogP contribution in [0.1, 0.15) is 28.4 Å². The Morgan fingerprint density at radius 3 is 2.80 bits per heavy atom. The smallest absolute Gasteiger partial charge is 0.233 e. The van der Waals surface area contributed by atoms with Crippen LogP contribution in [-0.4, -0.2) is 52.5 Å². The zero-order valence-electron chi connectivity index (χ0n) is 17.0. The second kappa shape index (κ2) is 8.32. The molecule has 0 unspecified atom stereocenters. The monoisotopic (exact) mass is 465 g/mol. The lowest BCUT2D eigenvalue weighted by Crippen LogP contribution is -2.41. The van der Waals surface area contributed by atoms with Crippen LogP contribution >= 0.6 is 23.1 Å². The van der Waals surface area contributed by atoms with E-state index in [0.717, 1.165) is 20.8 Å². The van der Waals surface area contributed by atoms with Crippen molar-refractivity contribution in [3.8, 4) is 0 Å². The summed E-state index contributed by atoms with van der Waals surface area (Å²) in [5.41, 5.74) is 1.14. The molecule has 160 valence electrons. The summed E-state index contributed by atoms with van der Waals surface area (Å²) >= 11 is 3.02. The van der Waals surface area contributed by atoms with E-state index in [-0.39, 0.29) is 35.8 Å². The molecule has 1 fully saturated rings. The zero-order valence-corrected chi connectivity index (χ0v) is 19.5. The van der Waals surface area contributed by atoms with E-state index in [0.29, 0.717) is 18.0 Å². The number of aryl methyl sites for hydroxylation is 3. The van der Waals surface area contributed by atoms with Gasteiger partial charge in [-0.15, -0.1) is 11.3 Å². The number of thioether (sulfide) groups is 1. The summed E-state index contributed by atoms with van der Waals surface area (Å²) < 4.78 is 29.4. The molecule has 4 heterocycles. The standard InChI is InChI=1S/C20H23N3O4S3/c1-12-13(2)29-20-18(12)19(21-14(3)22-20)28-10-17(24)23(9-16-5-4-7-27-16)15-6-8-30(25,26)11-15/h4-5,7,15H,6,8-11H2,1-3H3/t15-/m1/s1. The van der Waals surface area contributed by atoms with Gasteiger partial charge in [-0.05, 0) is 44.9 Å². The van der Waals surface area contributed by atoms with Gasteiger partial charge in [-0.3, -0.25) is 4.79 Å².